The first-order valence-corrected chi connectivity index (χ1v) is 5.58. The molecule has 2 N–H and O–H groups in total. The molecule has 2 rings (SSSR count). The van der Waals surface area contributed by atoms with Crippen LogP contribution in [-0.2, 0) is 0 Å². The SMILES string of the molecule is Cc1cccc(C)c1NC(=O)Nc1ncccn1. The van der Waals surface area contributed by atoms with Gasteiger partial charge in [-0.3, -0.25) is 5.32 Å². The van der Waals surface area contributed by atoms with Crippen LogP contribution in [0.15, 0.2) is 36.7 Å². The predicted octanol–water partition coefficient (Wildman–Crippen LogP) is 2.74. The summed E-state index contributed by atoms with van der Waals surface area (Å²) in [5, 5.41) is 5.37. The monoisotopic (exact) mass is 242 g/mol. The van der Waals surface area contributed by atoms with Crippen molar-refractivity contribution in [3.8, 4) is 0 Å². The van der Waals surface area contributed by atoms with E-state index >= 15 is 0 Å². The molecule has 1 heterocycles. The topological polar surface area (TPSA) is 66.9 Å². The average Bonchev–Trinajstić information content (AvgIpc) is 2.35. The molecule has 0 saturated carbocycles. The number of urea groups is 1. The Morgan fingerprint density at radius 1 is 1.00 bits per heavy atom. The highest BCUT2D eigenvalue weighted by Gasteiger charge is 2.07. The van der Waals surface area contributed by atoms with Crippen molar-refractivity contribution in [1.29, 1.82) is 0 Å². The van der Waals surface area contributed by atoms with Crippen LogP contribution in [0.25, 0.3) is 0 Å². The first kappa shape index (κ1) is 12.0. The van der Waals surface area contributed by atoms with Gasteiger partial charge in [0.25, 0.3) is 0 Å². The standard InChI is InChI=1S/C13H14N4O/c1-9-5-3-6-10(2)11(9)16-13(18)17-12-14-7-4-8-15-12/h3-8H,1-2H3,(H2,14,15,16,17,18). The molecule has 5 heteroatoms. The van der Waals surface area contributed by atoms with Crippen LogP contribution in [-0.4, -0.2) is 16.0 Å². The van der Waals surface area contributed by atoms with Crippen molar-refractivity contribution in [1.82, 2.24) is 9.97 Å². The van der Waals surface area contributed by atoms with E-state index in [0.29, 0.717) is 0 Å². The molecule has 0 aliphatic rings. The third kappa shape index (κ3) is 2.82. The number of carbonyl (C=O) groups is 1. The second-order valence-electron chi connectivity index (χ2n) is 3.92. The van der Waals surface area contributed by atoms with E-state index in [-0.39, 0.29) is 12.0 Å². The summed E-state index contributed by atoms with van der Waals surface area (Å²) in [6.07, 6.45) is 3.14. The summed E-state index contributed by atoms with van der Waals surface area (Å²) in [5.74, 6) is 0.279. The first-order valence-electron chi connectivity index (χ1n) is 5.58. The van der Waals surface area contributed by atoms with Crippen molar-refractivity contribution >= 4 is 17.7 Å². The molecule has 2 aromatic rings. The fourth-order valence-electron chi connectivity index (χ4n) is 1.62. The number of amides is 2. The van der Waals surface area contributed by atoms with E-state index in [1.165, 1.54) is 0 Å². The molecule has 0 bridgehead atoms. The van der Waals surface area contributed by atoms with Crippen LogP contribution in [0.4, 0.5) is 16.4 Å². The van der Waals surface area contributed by atoms with Gasteiger partial charge in [0.1, 0.15) is 0 Å². The lowest BCUT2D eigenvalue weighted by Gasteiger charge is -2.11. The molecule has 92 valence electrons. The molecular weight excluding hydrogens is 228 g/mol. The van der Waals surface area contributed by atoms with Crippen LogP contribution in [0, 0.1) is 13.8 Å². The van der Waals surface area contributed by atoms with E-state index in [9.17, 15) is 4.79 Å². The third-order valence-corrected chi connectivity index (χ3v) is 2.51. The Kier molecular flexibility index (Phi) is 3.52. The number of hydrogen-bond donors (Lipinski definition) is 2. The number of anilines is 2. The van der Waals surface area contributed by atoms with Gasteiger partial charge in [0, 0.05) is 18.1 Å². The lowest BCUT2D eigenvalue weighted by Crippen LogP contribution is -2.21. The second-order valence-corrected chi connectivity index (χ2v) is 3.92. The summed E-state index contributed by atoms with van der Waals surface area (Å²) in [4.78, 5) is 19.6. The molecule has 0 aliphatic heterocycles. The minimum Gasteiger partial charge on any atom is -0.307 e. The summed E-state index contributed by atoms with van der Waals surface area (Å²) < 4.78 is 0. The van der Waals surface area contributed by atoms with E-state index in [2.05, 4.69) is 20.6 Å². The fraction of sp³-hybridized carbons (Fsp3) is 0.154. The van der Waals surface area contributed by atoms with Gasteiger partial charge in [-0.2, -0.15) is 0 Å². The van der Waals surface area contributed by atoms with Crippen LogP contribution >= 0.6 is 0 Å². The van der Waals surface area contributed by atoms with Gasteiger partial charge >= 0.3 is 6.03 Å². The van der Waals surface area contributed by atoms with Crippen molar-refractivity contribution in [2.45, 2.75) is 13.8 Å². The van der Waals surface area contributed by atoms with E-state index in [0.717, 1.165) is 16.8 Å². The smallest absolute Gasteiger partial charge is 0.307 e. The van der Waals surface area contributed by atoms with Crippen molar-refractivity contribution in [3.05, 3.63) is 47.8 Å². The molecule has 0 spiro atoms. The molecule has 0 unspecified atom stereocenters. The number of rotatable bonds is 2. The summed E-state index contributed by atoms with van der Waals surface area (Å²) in [5.41, 5.74) is 2.84. The largest absolute Gasteiger partial charge is 0.326 e. The highest BCUT2D eigenvalue weighted by Crippen LogP contribution is 2.19. The molecule has 18 heavy (non-hydrogen) atoms. The number of nitrogens with zero attached hydrogens (tertiary/aromatic N) is 2. The Labute approximate surface area is 105 Å². The van der Waals surface area contributed by atoms with Crippen LogP contribution < -0.4 is 10.6 Å². The molecule has 1 aromatic carbocycles. The zero-order valence-corrected chi connectivity index (χ0v) is 10.3. The maximum absolute atomic E-state index is 11.8. The Morgan fingerprint density at radius 3 is 2.22 bits per heavy atom. The van der Waals surface area contributed by atoms with Crippen LogP contribution in [0.5, 0.6) is 0 Å². The fourth-order valence-corrected chi connectivity index (χ4v) is 1.62. The molecule has 5 nitrogen and oxygen atoms in total. The van der Waals surface area contributed by atoms with Gasteiger partial charge in [0.05, 0.1) is 0 Å². The predicted molar refractivity (Wildman–Crippen MR) is 70.6 cm³/mol. The number of aryl methyl sites for hydroxylation is 2. The van der Waals surface area contributed by atoms with Crippen molar-refractivity contribution in [2.24, 2.45) is 0 Å². The average molecular weight is 242 g/mol. The van der Waals surface area contributed by atoms with Gasteiger partial charge in [-0.15, -0.1) is 0 Å². The van der Waals surface area contributed by atoms with E-state index in [1.54, 1.807) is 18.5 Å². The zero-order valence-electron chi connectivity index (χ0n) is 10.3. The summed E-state index contributed by atoms with van der Waals surface area (Å²) in [7, 11) is 0. The van der Waals surface area contributed by atoms with Crippen LogP contribution in [0.3, 0.4) is 0 Å². The maximum Gasteiger partial charge on any atom is 0.326 e. The number of carbonyl (C=O) groups excluding carboxylic acids is 1. The molecule has 0 radical (unpaired) electrons. The number of nitrogens with one attached hydrogen (secondary N) is 2. The summed E-state index contributed by atoms with van der Waals surface area (Å²) in [6.45, 7) is 3.89. The van der Waals surface area contributed by atoms with Crippen LogP contribution in [0.1, 0.15) is 11.1 Å². The highest BCUT2D eigenvalue weighted by atomic mass is 16.2. The van der Waals surface area contributed by atoms with Gasteiger partial charge in [-0.1, -0.05) is 18.2 Å². The molecule has 0 fully saturated rings. The van der Waals surface area contributed by atoms with E-state index < -0.39 is 0 Å². The second kappa shape index (κ2) is 5.27. The maximum atomic E-state index is 11.8. The third-order valence-electron chi connectivity index (χ3n) is 2.51. The number of hydrogen-bond acceptors (Lipinski definition) is 3. The van der Waals surface area contributed by atoms with Gasteiger partial charge in [0.2, 0.25) is 5.95 Å². The minimum absolute atomic E-state index is 0.279. The van der Waals surface area contributed by atoms with E-state index in [4.69, 9.17) is 0 Å². The lowest BCUT2D eigenvalue weighted by molar-refractivity contribution is 0.262. The quantitative estimate of drug-likeness (QED) is 0.850. The normalized spacial score (nSPS) is 9.89. The summed E-state index contributed by atoms with van der Waals surface area (Å²) >= 11 is 0. The Morgan fingerprint density at radius 2 is 1.61 bits per heavy atom. The Balaban J connectivity index is 2.08. The molecule has 0 saturated heterocycles. The minimum atomic E-state index is -0.349. The first-order chi connectivity index (χ1) is 8.66. The Bertz CT molecular complexity index is 534. The van der Waals surface area contributed by atoms with Gasteiger partial charge in [0.15, 0.2) is 0 Å². The van der Waals surface area contributed by atoms with Crippen molar-refractivity contribution in [2.75, 3.05) is 10.6 Å². The molecule has 0 aliphatic carbocycles. The van der Waals surface area contributed by atoms with Gasteiger partial charge < -0.3 is 5.32 Å². The molecule has 1 aromatic heterocycles. The Hall–Kier alpha value is -2.43. The van der Waals surface area contributed by atoms with E-state index in [1.807, 2.05) is 32.0 Å². The van der Waals surface area contributed by atoms with Crippen molar-refractivity contribution < 1.29 is 4.79 Å². The molecule has 0 atom stereocenters. The van der Waals surface area contributed by atoms with Crippen molar-refractivity contribution in [3.63, 3.8) is 0 Å². The summed E-state index contributed by atoms with van der Waals surface area (Å²) in [6, 6.07) is 7.19. The molecular formula is C13H14N4O. The number of benzene rings is 1. The van der Waals surface area contributed by atoms with Gasteiger partial charge in [-0.25, -0.2) is 14.8 Å². The highest BCUT2D eigenvalue weighted by molar-refractivity contribution is 5.99. The van der Waals surface area contributed by atoms with Crippen LogP contribution in [0.2, 0.25) is 0 Å². The lowest BCUT2D eigenvalue weighted by atomic mass is 10.1. The molecule has 2 amide bonds. The number of aromatic nitrogens is 2. The van der Waals surface area contributed by atoms with Gasteiger partial charge in [-0.05, 0) is 31.0 Å². The number of para-hydroxylation sites is 1. The zero-order chi connectivity index (χ0) is 13.0.